The predicted octanol–water partition coefficient (Wildman–Crippen LogP) is 3.70. The molecule has 1 aliphatic rings. The smallest absolute Gasteiger partial charge is 0.198 e. The molecule has 0 radical (unpaired) electrons. The summed E-state index contributed by atoms with van der Waals surface area (Å²) in [5, 5.41) is 10.5. The zero-order valence-electron chi connectivity index (χ0n) is 11.4. The van der Waals surface area contributed by atoms with Gasteiger partial charge >= 0.3 is 0 Å². The Hall–Kier alpha value is -1.35. The van der Waals surface area contributed by atoms with Gasteiger partial charge in [-0.25, -0.2) is 4.98 Å². The zero-order valence-corrected chi connectivity index (χ0v) is 11.4. The number of fused-ring (bicyclic) bond motifs is 1. The quantitative estimate of drug-likeness (QED) is 0.914. The van der Waals surface area contributed by atoms with E-state index in [2.05, 4.69) is 11.9 Å². The Labute approximate surface area is 113 Å². The molecule has 1 aliphatic carbocycles. The molecule has 0 aliphatic heterocycles. The Balaban J connectivity index is 1.76. The number of oxazole rings is 1. The molecule has 1 atom stereocenters. The van der Waals surface area contributed by atoms with E-state index in [0.29, 0.717) is 12.3 Å². The highest BCUT2D eigenvalue weighted by Crippen LogP contribution is 2.39. The first-order valence-electron chi connectivity index (χ1n) is 7.20. The Morgan fingerprint density at radius 2 is 2.00 bits per heavy atom. The van der Waals surface area contributed by atoms with Crippen LogP contribution in [0.2, 0.25) is 0 Å². The van der Waals surface area contributed by atoms with Crippen molar-refractivity contribution in [3.05, 3.63) is 30.2 Å². The molecule has 1 heterocycles. The summed E-state index contributed by atoms with van der Waals surface area (Å²) in [6.45, 7) is 2.19. The van der Waals surface area contributed by atoms with Crippen molar-refractivity contribution in [2.45, 2.75) is 51.6 Å². The Bertz CT molecular complexity index is 522. The van der Waals surface area contributed by atoms with Crippen LogP contribution >= 0.6 is 0 Å². The second-order valence-corrected chi connectivity index (χ2v) is 6.01. The summed E-state index contributed by atoms with van der Waals surface area (Å²) in [6.07, 6.45) is 6.11. The van der Waals surface area contributed by atoms with Crippen molar-refractivity contribution in [2.75, 3.05) is 0 Å². The van der Waals surface area contributed by atoms with Crippen molar-refractivity contribution in [1.29, 1.82) is 0 Å². The van der Waals surface area contributed by atoms with Crippen LogP contribution in [0.15, 0.2) is 28.7 Å². The zero-order chi connectivity index (χ0) is 13.3. The molecule has 19 heavy (non-hydrogen) atoms. The fourth-order valence-electron chi connectivity index (χ4n) is 3.11. The maximum atomic E-state index is 10.5. The molecule has 0 saturated heterocycles. The minimum atomic E-state index is -0.360. The number of benzene rings is 1. The van der Waals surface area contributed by atoms with Crippen molar-refractivity contribution >= 4 is 11.1 Å². The van der Waals surface area contributed by atoms with Crippen LogP contribution in [0.25, 0.3) is 11.1 Å². The summed E-state index contributed by atoms with van der Waals surface area (Å²) in [7, 11) is 0. The van der Waals surface area contributed by atoms with E-state index in [4.69, 9.17) is 4.42 Å². The fourth-order valence-corrected chi connectivity index (χ4v) is 3.11. The number of aliphatic hydroxyl groups excluding tert-OH is 1. The SMILES string of the molecule is CC1(C(O)Cc2nc3ccccc3o2)CCCCC1. The van der Waals surface area contributed by atoms with Crippen LogP contribution < -0.4 is 0 Å². The first kappa shape index (κ1) is 12.7. The summed E-state index contributed by atoms with van der Waals surface area (Å²) < 4.78 is 5.70. The topological polar surface area (TPSA) is 46.3 Å². The van der Waals surface area contributed by atoms with Gasteiger partial charge in [-0.1, -0.05) is 38.3 Å². The minimum absolute atomic E-state index is 0.0267. The molecule has 1 fully saturated rings. The van der Waals surface area contributed by atoms with E-state index in [1.54, 1.807) is 0 Å². The van der Waals surface area contributed by atoms with Crippen molar-refractivity contribution in [3.8, 4) is 0 Å². The van der Waals surface area contributed by atoms with Crippen LogP contribution in [0.4, 0.5) is 0 Å². The van der Waals surface area contributed by atoms with Gasteiger partial charge in [0.25, 0.3) is 0 Å². The number of rotatable bonds is 3. The van der Waals surface area contributed by atoms with Crippen molar-refractivity contribution in [1.82, 2.24) is 4.98 Å². The Morgan fingerprint density at radius 3 is 2.74 bits per heavy atom. The van der Waals surface area contributed by atoms with Crippen molar-refractivity contribution in [3.63, 3.8) is 0 Å². The van der Waals surface area contributed by atoms with E-state index in [1.807, 2.05) is 24.3 Å². The van der Waals surface area contributed by atoms with Crippen LogP contribution in [0.5, 0.6) is 0 Å². The minimum Gasteiger partial charge on any atom is -0.441 e. The maximum absolute atomic E-state index is 10.5. The average Bonchev–Trinajstić information content (AvgIpc) is 2.81. The number of aliphatic hydroxyl groups is 1. The Morgan fingerprint density at radius 1 is 1.26 bits per heavy atom. The van der Waals surface area contributed by atoms with E-state index >= 15 is 0 Å². The van der Waals surface area contributed by atoms with Gasteiger partial charge in [-0.05, 0) is 30.4 Å². The largest absolute Gasteiger partial charge is 0.441 e. The molecule has 1 aromatic carbocycles. The fraction of sp³-hybridized carbons (Fsp3) is 0.562. The van der Waals surface area contributed by atoms with Gasteiger partial charge in [0.1, 0.15) is 5.52 Å². The molecular weight excluding hydrogens is 238 g/mol. The molecule has 0 bridgehead atoms. The van der Waals surface area contributed by atoms with Crippen LogP contribution in [-0.2, 0) is 6.42 Å². The molecule has 0 spiro atoms. The molecular formula is C16H21NO2. The molecule has 2 aromatic rings. The van der Waals surface area contributed by atoms with Crippen LogP contribution in [-0.4, -0.2) is 16.2 Å². The molecule has 1 saturated carbocycles. The first-order chi connectivity index (χ1) is 9.17. The summed E-state index contributed by atoms with van der Waals surface area (Å²) in [4.78, 5) is 4.45. The highest BCUT2D eigenvalue weighted by atomic mass is 16.4. The van der Waals surface area contributed by atoms with E-state index < -0.39 is 0 Å². The molecule has 1 unspecified atom stereocenters. The predicted molar refractivity (Wildman–Crippen MR) is 74.9 cm³/mol. The van der Waals surface area contributed by atoms with E-state index in [-0.39, 0.29) is 11.5 Å². The van der Waals surface area contributed by atoms with E-state index in [0.717, 1.165) is 23.9 Å². The lowest BCUT2D eigenvalue weighted by atomic mass is 9.71. The second kappa shape index (κ2) is 4.97. The normalized spacial score (nSPS) is 20.5. The first-order valence-corrected chi connectivity index (χ1v) is 7.20. The van der Waals surface area contributed by atoms with Crippen molar-refractivity contribution in [2.24, 2.45) is 5.41 Å². The highest BCUT2D eigenvalue weighted by molar-refractivity contribution is 5.72. The standard InChI is InChI=1S/C16H21NO2/c1-16(9-5-2-6-10-16)14(18)11-15-17-12-7-3-4-8-13(12)19-15/h3-4,7-8,14,18H,2,5-6,9-11H2,1H3. The van der Waals surface area contributed by atoms with Gasteiger partial charge in [0.15, 0.2) is 11.5 Å². The van der Waals surface area contributed by atoms with Gasteiger partial charge in [0.05, 0.1) is 12.5 Å². The monoisotopic (exact) mass is 259 g/mol. The summed E-state index contributed by atoms with van der Waals surface area (Å²) in [5.74, 6) is 0.653. The Kier molecular flexibility index (Phi) is 3.31. The molecule has 3 heteroatoms. The average molecular weight is 259 g/mol. The van der Waals surface area contributed by atoms with Gasteiger partial charge in [0.2, 0.25) is 0 Å². The van der Waals surface area contributed by atoms with Gasteiger partial charge in [-0.2, -0.15) is 0 Å². The number of aromatic nitrogens is 1. The lowest BCUT2D eigenvalue weighted by molar-refractivity contribution is 0.00667. The summed E-state index contributed by atoms with van der Waals surface area (Å²) in [5.41, 5.74) is 1.70. The van der Waals surface area contributed by atoms with Gasteiger partial charge in [-0.3, -0.25) is 0 Å². The second-order valence-electron chi connectivity index (χ2n) is 6.01. The lowest BCUT2D eigenvalue weighted by Gasteiger charge is -2.37. The number of hydrogen-bond acceptors (Lipinski definition) is 3. The summed E-state index contributed by atoms with van der Waals surface area (Å²) >= 11 is 0. The third-order valence-electron chi connectivity index (χ3n) is 4.51. The molecule has 0 amide bonds. The van der Waals surface area contributed by atoms with Crippen LogP contribution in [0.3, 0.4) is 0 Å². The van der Waals surface area contributed by atoms with Gasteiger partial charge in [-0.15, -0.1) is 0 Å². The van der Waals surface area contributed by atoms with Gasteiger partial charge in [0, 0.05) is 0 Å². The highest BCUT2D eigenvalue weighted by Gasteiger charge is 2.35. The van der Waals surface area contributed by atoms with E-state index in [9.17, 15) is 5.11 Å². The van der Waals surface area contributed by atoms with Crippen LogP contribution in [0.1, 0.15) is 44.9 Å². The van der Waals surface area contributed by atoms with E-state index in [1.165, 1.54) is 19.3 Å². The maximum Gasteiger partial charge on any atom is 0.198 e. The molecule has 102 valence electrons. The molecule has 1 aromatic heterocycles. The molecule has 3 rings (SSSR count). The molecule has 1 N–H and O–H groups in total. The number of hydrogen-bond donors (Lipinski definition) is 1. The van der Waals surface area contributed by atoms with Crippen molar-refractivity contribution < 1.29 is 9.52 Å². The van der Waals surface area contributed by atoms with Crippen LogP contribution in [0, 0.1) is 5.41 Å². The van der Waals surface area contributed by atoms with Gasteiger partial charge < -0.3 is 9.52 Å². The molecule has 3 nitrogen and oxygen atoms in total. The third-order valence-corrected chi connectivity index (χ3v) is 4.51. The third kappa shape index (κ3) is 2.52. The number of para-hydroxylation sites is 2. The summed E-state index contributed by atoms with van der Waals surface area (Å²) in [6, 6.07) is 7.75. The number of nitrogens with zero attached hydrogens (tertiary/aromatic N) is 1. The lowest BCUT2D eigenvalue weighted by Crippen LogP contribution is -2.35.